The predicted molar refractivity (Wildman–Crippen MR) is 89.2 cm³/mol. The van der Waals surface area contributed by atoms with E-state index in [1.165, 1.54) is 5.69 Å². The topological polar surface area (TPSA) is 61.4 Å². The summed E-state index contributed by atoms with van der Waals surface area (Å²) in [6, 6.07) is 10.3. The van der Waals surface area contributed by atoms with Crippen LogP contribution >= 0.6 is 0 Å². The predicted octanol–water partition coefficient (Wildman–Crippen LogP) is 1.82. The Morgan fingerprint density at radius 3 is 2.48 bits per heavy atom. The SMILES string of the molecule is Cc1cnc(CNC(=O)N2CCN(c3ccccc3)CC2)cn1. The van der Waals surface area contributed by atoms with Crippen LogP contribution in [0.1, 0.15) is 11.4 Å². The van der Waals surface area contributed by atoms with Crippen LogP contribution in [-0.2, 0) is 6.54 Å². The zero-order chi connectivity index (χ0) is 16.1. The van der Waals surface area contributed by atoms with Gasteiger partial charge in [0.25, 0.3) is 0 Å². The Labute approximate surface area is 136 Å². The van der Waals surface area contributed by atoms with Gasteiger partial charge in [-0.15, -0.1) is 0 Å². The van der Waals surface area contributed by atoms with Crippen molar-refractivity contribution < 1.29 is 4.79 Å². The van der Waals surface area contributed by atoms with Gasteiger partial charge < -0.3 is 15.1 Å². The molecule has 2 aromatic rings. The van der Waals surface area contributed by atoms with E-state index in [1.807, 2.05) is 30.0 Å². The van der Waals surface area contributed by atoms with Crippen molar-refractivity contribution in [1.82, 2.24) is 20.2 Å². The van der Waals surface area contributed by atoms with Gasteiger partial charge in [0.1, 0.15) is 0 Å². The molecule has 0 spiro atoms. The third kappa shape index (κ3) is 3.97. The van der Waals surface area contributed by atoms with Gasteiger partial charge in [-0.25, -0.2) is 4.79 Å². The van der Waals surface area contributed by atoms with Crippen molar-refractivity contribution >= 4 is 11.7 Å². The van der Waals surface area contributed by atoms with Gasteiger partial charge >= 0.3 is 6.03 Å². The Balaban J connectivity index is 1.47. The molecule has 23 heavy (non-hydrogen) atoms. The number of hydrogen-bond donors (Lipinski definition) is 1. The quantitative estimate of drug-likeness (QED) is 0.939. The van der Waals surface area contributed by atoms with Crippen molar-refractivity contribution in [2.75, 3.05) is 31.1 Å². The van der Waals surface area contributed by atoms with Gasteiger partial charge in [0.15, 0.2) is 0 Å². The highest BCUT2D eigenvalue weighted by atomic mass is 16.2. The highest BCUT2D eigenvalue weighted by molar-refractivity contribution is 5.74. The van der Waals surface area contributed by atoms with Crippen LogP contribution < -0.4 is 10.2 Å². The fraction of sp³-hybridized carbons (Fsp3) is 0.353. The van der Waals surface area contributed by atoms with Crippen LogP contribution in [0.3, 0.4) is 0 Å². The Hall–Kier alpha value is -2.63. The minimum absolute atomic E-state index is 0.0416. The van der Waals surface area contributed by atoms with E-state index in [2.05, 4.69) is 32.3 Å². The van der Waals surface area contributed by atoms with Crippen LogP contribution in [0.25, 0.3) is 0 Å². The van der Waals surface area contributed by atoms with Crippen LogP contribution in [0.15, 0.2) is 42.7 Å². The zero-order valence-electron chi connectivity index (χ0n) is 13.3. The molecule has 0 atom stereocenters. The minimum Gasteiger partial charge on any atom is -0.368 e. The van der Waals surface area contributed by atoms with E-state index >= 15 is 0 Å². The van der Waals surface area contributed by atoms with Gasteiger partial charge in [0.05, 0.1) is 24.1 Å². The summed E-state index contributed by atoms with van der Waals surface area (Å²) < 4.78 is 0. The number of aromatic nitrogens is 2. The molecule has 2 heterocycles. The lowest BCUT2D eigenvalue weighted by molar-refractivity contribution is 0.194. The third-order valence-electron chi connectivity index (χ3n) is 3.94. The number of amides is 2. The molecule has 0 saturated carbocycles. The maximum absolute atomic E-state index is 12.2. The second-order valence-electron chi connectivity index (χ2n) is 5.62. The minimum atomic E-state index is -0.0416. The highest BCUT2D eigenvalue weighted by Crippen LogP contribution is 2.15. The Bertz CT molecular complexity index is 636. The Morgan fingerprint density at radius 1 is 1.09 bits per heavy atom. The maximum Gasteiger partial charge on any atom is 0.317 e. The second-order valence-corrected chi connectivity index (χ2v) is 5.62. The van der Waals surface area contributed by atoms with E-state index in [0.717, 1.165) is 37.6 Å². The van der Waals surface area contributed by atoms with Crippen molar-refractivity contribution in [1.29, 1.82) is 0 Å². The molecule has 1 N–H and O–H groups in total. The first-order valence-corrected chi connectivity index (χ1v) is 7.83. The lowest BCUT2D eigenvalue weighted by Gasteiger charge is -2.36. The Kier molecular flexibility index (Phi) is 4.71. The van der Waals surface area contributed by atoms with Gasteiger partial charge in [0, 0.05) is 38.1 Å². The molecule has 6 nitrogen and oxygen atoms in total. The zero-order valence-corrected chi connectivity index (χ0v) is 13.3. The molecule has 1 aliphatic rings. The van der Waals surface area contributed by atoms with Crippen molar-refractivity contribution in [3.05, 3.63) is 54.1 Å². The number of hydrogen-bond acceptors (Lipinski definition) is 4. The number of para-hydroxylation sites is 1. The smallest absolute Gasteiger partial charge is 0.317 e. The first-order valence-electron chi connectivity index (χ1n) is 7.83. The Morgan fingerprint density at radius 2 is 1.83 bits per heavy atom. The monoisotopic (exact) mass is 311 g/mol. The summed E-state index contributed by atoms with van der Waals surface area (Å²) in [5, 5.41) is 2.91. The molecule has 1 fully saturated rings. The highest BCUT2D eigenvalue weighted by Gasteiger charge is 2.20. The first-order chi connectivity index (χ1) is 11.2. The molecule has 1 saturated heterocycles. The van der Waals surface area contributed by atoms with Crippen molar-refractivity contribution in [3.63, 3.8) is 0 Å². The number of carbonyl (C=O) groups excluding carboxylic acids is 1. The average Bonchev–Trinajstić information content (AvgIpc) is 2.62. The lowest BCUT2D eigenvalue weighted by Crippen LogP contribution is -2.51. The number of rotatable bonds is 3. The molecular weight excluding hydrogens is 290 g/mol. The summed E-state index contributed by atoms with van der Waals surface area (Å²) in [4.78, 5) is 24.8. The van der Waals surface area contributed by atoms with Crippen molar-refractivity contribution in [2.45, 2.75) is 13.5 Å². The average molecular weight is 311 g/mol. The molecule has 0 aliphatic carbocycles. The molecule has 0 bridgehead atoms. The number of anilines is 1. The fourth-order valence-electron chi connectivity index (χ4n) is 2.60. The van der Waals surface area contributed by atoms with E-state index in [4.69, 9.17) is 0 Å². The molecule has 0 radical (unpaired) electrons. The van der Waals surface area contributed by atoms with Crippen molar-refractivity contribution in [2.24, 2.45) is 0 Å². The van der Waals surface area contributed by atoms with E-state index in [9.17, 15) is 4.79 Å². The molecule has 120 valence electrons. The molecule has 1 aromatic heterocycles. The molecule has 2 amide bonds. The number of nitrogens with zero attached hydrogens (tertiary/aromatic N) is 4. The number of nitrogens with one attached hydrogen (secondary N) is 1. The number of benzene rings is 1. The summed E-state index contributed by atoms with van der Waals surface area (Å²) in [5.74, 6) is 0. The number of aryl methyl sites for hydroxylation is 1. The van der Waals surface area contributed by atoms with Gasteiger partial charge in [0.2, 0.25) is 0 Å². The first kappa shape index (κ1) is 15.3. The van der Waals surface area contributed by atoms with Crippen LogP contribution in [0.5, 0.6) is 0 Å². The van der Waals surface area contributed by atoms with Gasteiger partial charge in [-0.2, -0.15) is 0 Å². The van der Waals surface area contributed by atoms with Crippen LogP contribution in [-0.4, -0.2) is 47.1 Å². The van der Waals surface area contributed by atoms with Gasteiger partial charge in [-0.05, 0) is 19.1 Å². The van der Waals surface area contributed by atoms with E-state index in [-0.39, 0.29) is 6.03 Å². The van der Waals surface area contributed by atoms with Crippen LogP contribution in [0, 0.1) is 6.92 Å². The third-order valence-corrected chi connectivity index (χ3v) is 3.94. The molecule has 1 aliphatic heterocycles. The van der Waals surface area contributed by atoms with Crippen molar-refractivity contribution in [3.8, 4) is 0 Å². The molecule has 6 heteroatoms. The molecule has 0 unspecified atom stereocenters. The van der Waals surface area contributed by atoms with E-state index in [0.29, 0.717) is 6.54 Å². The number of urea groups is 1. The summed E-state index contributed by atoms with van der Waals surface area (Å²) >= 11 is 0. The lowest BCUT2D eigenvalue weighted by atomic mass is 10.2. The second kappa shape index (κ2) is 7.09. The van der Waals surface area contributed by atoms with Gasteiger partial charge in [-0.3, -0.25) is 9.97 Å². The van der Waals surface area contributed by atoms with Crippen LogP contribution in [0.4, 0.5) is 10.5 Å². The van der Waals surface area contributed by atoms with Crippen LogP contribution in [0.2, 0.25) is 0 Å². The van der Waals surface area contributed by atoms with Gasteiger partial charge in [-0.1, -0.05) is 18.2 Å². The number of carbonyl (C=O) groups is 1. The normalized spacial score (nSPS) is 14.7. The summed E-state index contributed by atoms with van der Waals surface area (Å²) in [6.45, 7) is 5.44. The van der Waals surface area contributed by atoms with E-state index in [1.54, 1.807) is 12.4 Å². The largest absolute Gasteiger partial charge is 0.368 e. The van der Waals surface area contributed by atoms with E-state index < -0.39 is 0 Å². The standard InChI is InChI=1S/C17H21N5O/c1-14-11-19-15(12-18-14)13-20-17(23)22-9-7-21(8-10-22)16-5-3-2-4-6-16/h2-6,11-12H,7-10,13H2,1H3,(H,20,23). The molecule has 1 aromatic carbocycles. The fourth-order valence-corrected chi connectivity index (χ4v) is 2.60. The summed E-state index contributed by atoms with van der Waals surface area (Å²) in [6.07, 6.45) is 3.41. The molecule has 3 rings (SSSR count). The number of piperazine rings is 1. The summed E-state index contributed by atoms with van der Waals surface area (Å²) in [7, 11) is 0. The molecular formula is C17H21N5O. The maximum atomic E-state index is 12.2. The summed E-state index contributed by atoms with van der Waals surface area (Å²) in [5.41, 5.74) is 2.85.